The molecule has 0 radical (unpaired) electrons. The number of benzene rings is 2. The van der Waals surface area contributed by atoms with Crippen LogP contribution < -0.4 is 9.64 Å². The molecule has 5 rings (SSSR count). The molecule has 2 aromatic heterocycles. The largest absolute Gasteiger partial charge is 0.497 e. The Morgan fingerprint density at radius 3 is 2.71 bits per heavy atom. The van der Waals surface area contributed by atoms with Crippen molar-refractivity contribution < 1.29 is 13.9 Å². The average molecular weight is 494 g/mol. The Bertz CT molecular complexity index is 1280. The van der Waals surface area contributed by atoms with Crippen LogP contribution in [-0.4, -0.2) is 49.1 Å². The maximum Gasteiger partial charge on any atom is 0.289 e. The van der Waals surface area contributed by atoms with E-state index in [1.54, 1.807) is 30.2 Å². The number of hydrogen-bond donors (Lipinski definition) is 0. The molecule has 1 fully saturated rings. The van der Waals surface area contributed by atoms with E-state index in [0.717, 1.165) is 57.5 Å². The van der Waals surface area contributed by atoms with Gasteiger partial charge in [0.15, 0.2) is 5.76 Å². The molecule has 0 spiro atoms. The number of aryl methyl sites for hydroxylation is 1. The molecule has 0 unspecified atom stereocenters. The average Bonchev–Trinajstić information content (AvgIpc) is 3.36. The van der Waals surface area contributed by atoms with Crippen LogP contribution in [0, 0.1) is 6.92 Å². The zero-order valence-electron chi connectivity index (χ0n) is 19.3. The van der Waals surface area contributed by atoms with Crippen molar-refractivity contribution in [3.63, 3.8) is 0 Å². The number of amides is 1. The van der Waals surface area contributed by atoms with Crippen LogP contribution in [-0.2, 0) is 5.75 Å². The number of aromatic nitrogens is 1. The van der Waals surface area contributed by atoms with Gasteiger partial charge in [-0.05, 0) is 43.7 Å². The minimum absolute atomic E-state index is 0.0290. The Labute approximate surface area is 207 Å². The normalized spacial score (nSPS) is 14.4. The molecule has 6 nitrogen and oxygen atoms in total. The first kappa shape index (κ1) is 22.8. The Balaban J connectivity index is 1.35. The molecule has 0 atom stereocenters. The third-order valence-corrected chi connectivity index (χ3v) is 8.22. The van der Waals surface area contributed by atoms with Crippen LogP contribution in [0.5, 0.6) is 5.75 Å². The Kier molecular flexibility index (Phi) is 6.78. The zero-order valence-corrected chi connectivity index (χ0v) is 21.0. The summed E-state index contributed by atoms with van der Waals surface area (Å²) in [6.07, 6.45) is 0.903. The van der Waals surface area contributed by atoms with Gasteiger partial charge in [-0.1, -0.05) is 30.0 Å². The summed E-state index contributed by atoms with van der Waals surface area (Å²) in [6, 6.07) is 16.0. The minimum Gasteiger partial charge on any atom is -0.497 e. The number of thioether (sulfide) groups is 1. The second-order valence-corrected chi connectivity index (χ2v) is 10.4. The molecule has 1 saturated heterocycles. The summed E-state index contributed by atoms with van der Waals surface area (Å²) < 4.78 is 12.4. The van der Waals surface area contributed by atoms with Gasteiger partial charge in [-0.3, -0.25) is 4.79 Å². The van der Waals surface area contributed by atoms with Crippen molar-refractivity contribution in [1.29, 1.82) is 0 Å². The number of furan rings is 1. The molecule has 2 aromatic carbocycles. The maximum absolute atomic E-state index is 13.7. The van der Waals surface area contributed by atoms with Gasteiger partial charge in [-0.25, -0.2) is 4.98 Å². The highest BCUT2D eigenvalue weighted by Gasteiger charge is 2.27. The smallest absolute Gasteiger partial charge is 0.289 e. The van der Waals surface area contributed by atoms with Gasteiger partial charge in [0, 0.05) is 59.6 Å². The monoisotopic (exact) mass is 493 g/mol. The highest BCUT2D eigenvalue weighted by molar-refractivity contribution is 8.00. The lowest BCUT2D eigenvalue weighted by Gasteiger charge is -2.23. The summed E-state index contributed by atoms with van der Waals surface area (Å²) >= 11 is 3.29. The lowest BCUT2D eigenvalue weighted by atomic mass is 10.1. The molecule has 0 aliphatic carbocycles. The van der Waals surface area contributed by atoms with Gasteiger partial charge in [0.05, 0.1) is 7.11 Å². The molecule has 1 amide bonds. The van der Waals surface area contributed by atoms with E-state index in [0.29, 0.717) is 24.6 Å². The highest BCUT2D eigenvalue weighted by Crippen LogP contribution is 2.34. The Morgan fingerprint density at radius 2 is 1.94 bits per heavy atom. The molecular formula is C26H27N3O3S2. The van der Waals surface area contributed by atoms with E-state index < -0.39 is 0 Å². The molecule has 4 aromatic rings. The van der Waals surface area contributed by atoms with Crippen molar-refractivity contribution >= 4 is 45.7 Å². The molecule has 3 heterocycles. The lowest BCUT2D eigenvalue weighted by molar-refractivity contribution is 0.0736. The fraction of sp³-hybridized carbons (Fsp3) is 0.308. The highest BCUT2D eigenvalue weighted by atomic mass is 32.2. The SMILES string of the molecule is COc1ccc(N2CCCN(C(=O)c3oc4ccccc4c3CSc3nc(C)cs3)CC2)cc1. The fourth-order valence-electron chi connectivity index (χ4n) is 4.26. The number of hydrogen-bond acceptors (Lipinski definition) is 7. The molecule has 0 N–H and O–H groups in total. The minimum atomic E-state index is -0.0290. The van der Waals surface area contributed by atoms with Gasteiger partial charge in [-0.15, -0.1) is 11.3 Å². The molecule has 34 heavy (non-hydrogen) atoms. The number of methoxy groups -OCH3 is 1. The van der Waals surface area contributed by atoms with Gasteiger partial charge >= 0.3 is 0 Å². The van der Waals surface area contributed by atoms with Crippen molar-refractivity contribution in [3.05, 3.63) is 70.9 Å². The molecule has 176 valence electrons. The van der Waals surface area contributed by atoms with Crippen molar-refractivity contribution in [3.8, 4) is 5.75 Å². The summed E-state index contributed by atoms with van der Waals surface area (Å²) in [5.41, 5.74) is 3.88. The van der Waals surface area contributed by atoms with E-state index in [1.807, 2.05) is 53.6 Å². The molecule has 8 heteroatoms. The number of fused-ring (bicyclic) bond motifs is 1. The summed E-state index contributed by atoms with van der Waals surface area (Å²) in [5, 5.41) is 3.05. The number of thiazole rings is 1. The number of nitrogens with zero attached hydrogens (tertiary/aromatic N) is 3. The van der Waals surface area contributed by atoms with E-state index in [1.165, 1.54) is 0 Å². The van der Waals surface area contributed by atoms with Crippen LogP contribution in [0.1, 0.15) is 28.2 Å². The predicted molar refractivity (Wildman–Crippen MR) is 138 cm³/mol. The van der Waals surface area contributed by atoms with Crippen LogP contribution in [0.15, 0.2) is 62.7 Å². The summed E-state index contributed by atoms with van der Waals surface area (Å²) in [4.78, 5) is 22.5. The number of carbonyl (C=O) groups is 1. The first-order valence-electron chi connectivity index (χ1n) is 11.4. The van der Waals surface area contributed by atoms with Crippen LogP contribution in [0.3, 0.4) is 0 Å². The summed E-state index contributed by atoms with van der Waals surface area (Å²) in [5.74, 6) is 1.92. The molecule has 1 aliphatic heterocycles. The quantitative estimate of drug-likeness (QED) is 0.314. The zero-order chi connectivity index (χ0) is 23.5. The van der Waals surface area contributed by atoms with Gasteiger partial charge in [0.25, 0.3) is 5.91 Å². The summed E-state index contributed by atoms with van der Waals surface area (Å²) in [6.45, 7) is 5.04. The van der Waals surface area contributed by atoms with E-state index in [-0.39, 0.29) is 5.91 Å². The van der Waals surface area contributed by atoms with Gasteiger partial charge in [0.1, 0.15) is 15.7 Å². The second kappa shape index (κ2) is 10.1. The van der Waals surface area contributed by atoms with Gasteiger partial charge < -0.3 is 19.0 Å². The standard InChI is InChI=1S/C26H27N3O3S2/c1-18-16-33-26(27-18)34-17-22-21-6-3-4-7-23(21)32-24(22)25(30)29-13-5-12-28(14-15-29)19-8-10-20(31-2)11-9-19/h3-4,6-11,16H,5,12-15,17H2,1-2H3. The molecular weight excluding hydrogens is 466 g/mol. The lowest BCUT2D eigenvalue weighted by Crippen LogP contribution is -2.35. The second-order valence-electron chi connectivity index (χ2n) is 8.28. The van der Waals surface area contributed by atoms with Crippen LogP contribution in [0.4, 0.5) is 5.69 Å². The third-order valence-electron chi connectivity index (χ3n) is 6.05. The van der Waals surface area contributed by atoms with E-state index in [2.05, 4.69) is 22.0 Å². The van der Waals surface area contributed by atoms with Gasteiger partial charge in [-0.2, -0.15) is 0 Å². The van der Waals surface area contributed by atoms with Gasteiger partial charge in [0.2, 0.25) is 0 Å². The number of anilines is 1. The first-order valence-corrected chi connectivity index (χ1v) is 13.2. The van der Waals surface area contributed by atoms with Crippen molar-refractivity contribution in [2.24, 2.45) is 0 Å². The first-order chi connectivity index (χ1) is 16.6. The van der Waals surface area contributed by atoms with Crippen LogP contribution in [0.25, 0.3) is 11.0 Å². The number of rotatable bonds is 6. The number of carbonyl (C=O) groups excluding carboxylic acids is 1. The number of ether oxygens (including phenoxy) is 1. The molecule has 0 saturated carbocycles. The Hall–Kier alpha value is -2.97. The van der Waals surface area contributed by atoms with Crippen molar-refractivity contribution in [2.45, 2.75) is 23.4 Å². The number of para-hydroxylation sites is 1. The van der Waals surface area contributed by atoms with Crippen molar-refractivity contribution in [1.82, 2.24) is 9.88 Å². The molecule has 0 bridgehead atoms. The predicted octanol–water partition coefficient (Wildman–Crippen LogP) is 5.85. The van der Waals surface area contributed by atoms with E-state index in [4.69, 9.17) is 9.15 Å². The topological polar surface area (TPSA) is 58.8 Å². The fourth-order valence-corrected chi connectivity index (χ4v) is 6.14. The summed E-state index contributed by atoms with van der Waals surface area (Å²) in [7, 11) is 1.67. The Morgan fingerprint density at radius 1 is 1.12 bits per heavy atom. The maximum atomic E-state index is 13.7. The van der Waals surface area contributed by atoms with Crippen LogP contribution >= 0.6 is 23.1 Å². The third kappa shape index (κ3) is 4.79. The van der Waals surface area contributed by atoms with Crippen molar-refractivity contribution in [2.75, 3.05) is 38.2 Å². The van der Waals surface area contributed by atoms with Crippen LogP contribution in [0.2, 0.25) is 0 Å². The molecule has 1 aliphatic rings. The van der Waals surface area contributed by atoms with E-state index in [9.17, 15) is 4.79 Å². The van der Waals surface area contributed by atoms with E-state index >= 15 is 0 Å².